The maximum atomic E-state index is 13.0. The number of furan rings is 1. The number of ether oxygens (including phenoxy) is 2. The van der Waals surface area contributed by atoms with E-state index in [9.17, 15) is 9.59 Å². The van der Waals surface area contributed by atoms with E-state index in [2.05, 4.69) is 0 Å². The van der Waals surface area contributed by atoms with Gasteiger partial charge in [-0.25, -0.2) is 0 Å². The minimum atomic E-state index is -0.378. The Morgan fingerprint density at radius 2 is 1.79 bits per heavy atom. The molecule has 5 nitrogen and oxygen atoms in total. The molecule has 6 rings (SSSR count). The van der Waals surface area contributed by atoms with Gasteiger partial charge in [-0.3, -0.25) is 9.59 Å². The average Bonchev–Trinajstić information content (AvgIpc) is 3.07. The van der Waals surface area contributed by atoms with Crippen molar-refractivity contribution in [3.05, 3.63) is 30.0 Å². The van der Waals surface area contributed by atoms with Crippen LogP contribution in [0.5, 0.6) is 5.75 Å². The van der Waals surface area contributed by atoms with Crippen molar-refractivity contribution in [2.24, 2.45) is 23.2 Å². The summed E-state index contributed by atoms with van der Waals surface area (Å²) in [6, 6.07) is 5.50. The van der Waals surface area contributed by atoms with Gasteiger partial charge < -0.3 is 13.9 Å². The maximum Gasteiger partial charge on any atom is 0.310 e. The molecule has 0 N–H and O–H groups in total. The predicted molar refractivity (Wildman–Crippen MR) is 103 cm³/mol. The van der Waals surface area contributed by atoms with Crippen LogP contribution >= 0.6 is 0 Å². The van der Waals surface area contributed by atoms with Crippen molar-refractivity contribution in [1.82, 2.24) is 0 Å². The molecule has 0 saturated heterocycles. The Kier molecular flexibility index (Phi) is 4.22. The Labute approximate surface area is 164 Å². The van der Waals surface area contributed by atoms with Gasteiger partial charge in [-0.1, -0.05) is 0 Å². The number of rotatable bonds is 6. The molecule has 1 aromatic heterocycles. The van der Waals surface area contributed by atoms with Crippen LogP contribution in [0.1, 0.15) is 44.1 Å². The molecular formula is C23H26O5. The molecule has 148 valence electrons. The van der Waals surface area contributed by atoms with Gasteiger partial charge in [-0.2, -0.15) is 0 Å². The zero-order valence-corrected chi connectivity index (χ0v) is 16.2. The van der Waals surface area contributed by atoms with Crippen LogP contribution in [-0.4, -0.2) is 25.5 Å². The third-order valence-corrected chi connectivity index (χ3v) is 7.19. The first kappa shape index (κ1) is 17.8. The van der Waals surface area contributed by atoms with Crippen molar-refractivity contribution in [3.8, 4) is 5.75 Å². The van der Waals surface area contributed by atoms with Gasteiger partial charge in [-0.05, 0) is 68.4 Å². The zero-order valence-electron chi connectivity index (χ0n) is 16.2. The minimum Gasteiger partial charge on any atom is -0.497 e. The molecule has 0 atom stereocenters. The van der Waals surface area contributed by atoms with Gasteiger partial charge in [0, 0.05) is 22.4 Å². The van der Waals surface area contributed by atoms with Gasteiger partial charge in [0.15, 0.2) is 12.4 Å². The van der Waals surface area contributed by atoms with Gasteiger partial charge in [0.2, 0.25) is 0 Å². The fourth-order valence-electron chi connectivity index (χ4n) is 6.29. The molecule has 4 bridgehead atoms. The van der Waals surface area contributed by atoms with Crippen LogP contribution in [0, 0.1) is 23.2 Å². The lowest BCUT2D eigenvalue weighted by atomic mass is 9.48. The van der Waals surface area contributed by atoms with Gasteiger partial charge in [0.1, 0.15) is 11.3 Å². The summed E-state index contributed by atoms with van der Waals surface area (Å²) in [5.41, 5.74) is 1.23. The molecule has 0 amide bonds. The summed E-state index contributed by atoms with van der Waals surface area (Å²) in [5.74, 6) is 2.59. The number of hydrogen-bond donors (Lipinski definition) is 0. The van der Waals surface area contributed by atoms with E-state index in [1.807, 2.05) is 12.1 Å². The van der Waals surface area contributed by atoms with Gasteiger partial charge in [0.05, 0.1) is 19.8 Å². The molecule has 4 saturated carbocycles. The van der Waals surface area contributed by atoms with Crippen molar-refractivity contribution < 1.29 is 23.5 Å². The fourth-order valence-corrected chi connectivity index (χ4v) is 6.29. The van der Waals surface area contributed by atoms with Crippen LogP contribution in [0.4, 0.5) is 0 Å². The predicted octanol–water partition coefficient (Wildman–Crippen LogP) is 4.31. The summed E-state index contributed by atoms with van der Waals surface area (Å²) in [7, 11) is 1.60. The first-order chi connectivity index (χ1) is 13.5. The summed E-state index contributed by atoms with van der Waals surface area (Å²) in [6.45, 7) is -0.0887. The SMILES string of the molecule is COc1ccc2c(CC(=O)OCC(=O)C34CC5CC(CC(C5)C3)C4)coc2c1. The third-order valence-electron chi connectivity index (χ3n) is 7.19. The molecule has 1 aromatic carbocycles. The van der Waals surface area contributed by atoms with E-state index in [1.54, 1.807) is 19.4 Å². The Morgan fingerprint density at radius 3 is 2.43 bits per heavy atom. The van der Waals surface area contributed by atoms with E-state index in [0.717, 1.165) is 30.2 Å². The number of hydrogen-bond acceptors (Lipinski definition) is 5. The zero-order chi connectivity index (χ0) is 19.3. The molecule has 1 heterocycles. The Bertz CT molecular complexity index is 889. The highest BCUT2D eigenvalue weighted by Crippen LogP contribution is 2.60. The maximum absolute atomic E-state index is 13.0. The van der Waals surface area contributed by atoms with Crippen molar-refractivity contribution >= 4 is 22.7 Å². The van der Waals surface area contributed by atoms with Crippen LogP contribution in [0.2, 0.25) is 0 Å². The minimum absolute atomic E-state index is 0.0887. The van der Waals surface area contributed by atoms with Crippen LogP contribution in [0.15, 0.2) is 28.9 Å². The van der Waals surface area contributed by atoms with E-state index in [1.165, 1.54) is 19.3 Å². The van der Waals surface area contributed by atoms with Crippen LogP contribution < -0.4 is 4.74 Å². The lowest BCUT2D eigenvalue weighted by molar-refractivity contribution is -0.157. The van der Waals surface area contributed by atoms with Crippen molar-refractivity contribution in [2.75, 3.05) is 13.7 Å². The molecule has 4 aliphatic carbocycles. The van der Waals surface area contributed by atoms with Crippen LogP contribution in [0.25, 0.3) is 11.0 Å². The molecule has 5 heteroatoms. The summed E-state index contributed by atoms with van der Waals surface area (Å²) >= 11 is 0. The van der Waals surface area contributed by atoms with E-state index in [4.69, 9.17) is 13.9 Å². The number of methoxy groups -OCH3 is 1. The Balaban J connectivity index is 1.22. The summed E-state index contributed by atoms with van der Waals surface area (Å²) in [6.07, 6.45) is 8.58. The average molecular weight is 382 g/mol. The second-order valence-corrected chi connectivity index (χ2v) is 9.08. The molecular weight excluding hydrogens is 356 g/mol. The molecule has 28 heavy (non-hydrogen) atoms. The smallest absolute Gasteiger partial charge is 0.310 e. The molecule has 0 radical (unpaired) electrons. The quantitative estimate of drug-likeness (QED) is 0.697. The van der Waals surface area contributed by atoms with E-state index in [0.29, 0.717) is 29.1 Å². The number of carbonyl (C=O) groups is 2. The first-order valence-electron chi connectivity index (χ1n) is 10.3. The second-order valence-electron chi connectivity index (χ2n) is 9.08. The summed E-state index contributed by atoms with van der Waals surface area (Å²) < 4.78 is 16.1. The number of Topliss-reactive ketones (excluding diaryl/α,β-unsaturated/α-hetero) is 1. The molecule has 4 fully saturated rings. The van der Waals surface area contributed by atoms with Gasteiger partial charge in [0.25, 0.3) is 0 Å². The highest BCUT2D eigenvalue weighted by molar-refractivity contribution is 5.90. The van der Waals surface area contributed by atoms with Gasteiger partial charge >= 0.3 is 5.97 Å². The van der Waals surface area contributed by atoms with E-state index >= 15 is 0 Å². The molecule has 2 aromatic rings. The van der Waals surface area contributed by atoms with Gasteiger partial charge in [-0.15, -0.1) is 0 Å². The van der Waals surface area contributed by atoms with E-state index < -0.39 is 0 Å². The molecule has 4 aliphatic rings. The summed E-state index contributed by atoms with van der Waals surface area (Å²) in [4.78, 5) is 25.3. The second kappa shape index (κ2) is 6.64. The molecule has 0 aliphatic heterocycles. The lowest BCUT2D eigenvalue weighted by Crippen LogP contribution is -2.51. The molecule has 0 spiro atoms. The Hall–Kier alpha value is -2.30. The summed E-state index contributed by atoms with van der Waals surface area (Å²) in [5, 5.41) is 0.866. The number of benzene rings is 1. The number of esters is 1. The Morgan fingerprint density at radius 1 is 1.11 bits per heavy atom. The van der Waals surface area contributed by atoms with Crippen LogP contribution in [-0.2, 0) is 20.7 Å². The van der Waals surface area contributed by atoms with Crippen molar-refractivity contribution in [3.63, 3.8) is 0 Å². The highest BCUT2D eigenvalue weighted by Gasteiger charge is 2.54. The van der Waals surface area contributed by atoms with Crippen molar-refractivity contribution in [2.45, 2.75) is 44.9 Å². The largest absolute Gasteiger partial charge is 0.497 e. The number of ketones is 1. The van der Waals surface area contributed by atoms with Crippen LogP contribution in [0.3, 0.4) is 0 Å². The topological polar surface area (TPSA) is 65.7 Å². The molecule has 0 unspecified atom stereocenters. The standard InChI is InChI=1S/C23H26O5/c1-26-18-2-3-19-17(12-27-20(19)8-18)7-22(25)28-13-21(24)23-9-14-4-15(10-23)6-16(5-14)11-23/h2-3,8,12,14-16H,4-7,9-11,13H2,1H3. The normalized spacial score (nSPS) is 30.5. The monoisotopic (exact) mass is 382 g/mol. The van der Waals surface area contributed by atoms with E-state index in [-0.39, 0.29) is 30.2 Å². The van der Waals surface area contributed by atoms with Crippen molar-refractivity contribution in [1.29, 1.82) is 0 Å². The first-order valence-corrected chi connectivity index (χ1v) is 10.3. The number of fused-ring (bicyclic) bond motifs is 1. The number of carbonyl (C=O) groups excluding carboxylic acids is 2. The highest BCUT2D eigenvalue weighted by atomic mass is 16.5. The fraction of sp³-hybridized carbons (Fsp3) is 0.565. The lowest BCUT2D eigenvalue weighted by Gasteiger charge is -2.55. The third kappa shape index (κ3) is 3.01.